The first-order valence-corrected chi connectivity index (χ1v) is 9.35. The third-order valence-corrected chi connectivity index (χ3v) is 4.28. The quantitative estimate of drug-likeness (QED) is 0.640. The Hall–Kier alpha value is -3.41. The molecule has 2 aromatic carbocycles. The van der Waals surface area contributed by atoms with Crippen LogP contribution < -0.4 is 15.0 Å². The lowest BCUT2D eigenvalue weighted by Gasteiger charge is -2.18. The van der Waals surface area contributed by atoms with Crippen molar-refractivity contribution in [2.24, 2.45) is 0 Å². The lowest BCUT2D eigenvalue weighted by atomic mass is 10.2. The summed E-state index contributed by atoms with van der Waals surface area (Å²) in [6, 6.07) is 18.9. The van der Waals surface area contributed by atoms with E-state index < -0.39 is 0 Å². The van der Waals surface area contributed by atoms with E-state index >= 15 is 0 Å². The van der Waals surface area contributed by atoms with E-state index in [-0.39, 0.29) is 5.91 Å². The van der Waals surface area contributed by atoms with Crippen LogP contribution in [-0.4, -0.2) is 29.0 Å². The molecule has 3 aromatic rings. The number of carbonyl (C=O) groups excluding carboxylic acids is 1. The highest BCUT2D eigenvalue weighted by molar-refractivity contribution is 6.03. The second-order valence-corrected chi connectivity index (χ2v) is 6.17. The van der Waals surface area contributed by atoms with Crippen LogP contribution in [-0.2, 0) is 6.61 Å². The smallest absolute Gasteiger partial charge is 0.274 e. The molecule has 144 valence electrons. The Morgan fingerprint density at radius 1 is 1.00 bits per heavy atom. The number of nitrogens with zero attached hydrogens (tertiary/aromatic N) is 3. The first kappa shape index (κ1) is 19.4. The zero-order valence-electron chi connectivity index (χ0n) is 16.1. The molecule has 0 atom stereocenters. The Morgan fingerprint density at radius 3 is 2.39 bits per heavy atom. The first-order valence-electron chi connectivity index (χ1n) is 9.35. The summed E-state index contributed by atoms with van der Waals surface area (Å²) in [5, 5.41) is 2.86. The fourth-order valence-corrected chi connectivity index (χ4v) is 2.70. The van der Waals surface area contributed by atoms with Crippen LogP contribution in [0.5, 0.6) is 5.75 Å². The van der Waals surface area contributed by atoms with Crippen molar-refractivity contribution in [2.45, 2.75) is 20.5 Å². The molecule has 0 saturated heterocycles. The molecule has 1 amide bonds. The Labute approximate surface area is 165 Å². The van der Waals surface area contributed by atoms with Gasteiger partial charge in [-0.2, -0.15) is 0 Å². The lowest BCUT2D eigenvalue weighted by molar-refractivity contribution is 0.102. The summed E-state index contributed by atoms with van der Waals surface area (Å²) in [6.07, 6.45) is 1.61. The van der Waals surface area contributed by atoms with Gasteiger partial charge in [-0.15, -0.1) is 0 Å². The zero-order chi connectivity index (χ0) is 19.8. The van der Waals surface area contributed by atoms with E-state index in [9.17, 15) is 4.79 Å². The number of hydrogen-bond acceptors (Lipinski definition) is 5. The molecular formula is C22H24N4O2. The summed E-state index contributed by atoms with van der Waals surface area (Å²) >= 11 is 0. The van der Waals surface area contributed by atoms with E-state index in [0.29, 0.717) is 23.9 Å². The monoisotopic (exact) mass is 376 g/mol. The number of rotatable bonds is 8. The molecule has 6 heteroatoms. The van der Waals surface area contributed by atoms with E-state index in [0.717, 1.165) is 24.4 Å². The summed E-state index contributed by atoms with van der Waals surface area (Å²) in [7, 11) is 0. The van der Waals surface area contributed by atoms with Crippen LogP contribution in [0.1, 0.15) is 29.9 Å². The van der Waals surface area contributed by atoms with Crippen LogP contribution in [0, 0.1) is 0 Å². The number of amides is 1. The van der Waals surface area contributed by atoms with Gasteiger partial charge < -0.3 is 15.0 Å². The minimum atomic E-state index is -0.270. The van der Waals surface area contributed by atoms with E-state index in [1.165, 1.54) is 0 Å². The van der Waals surface area contributed by atoms with Gasteiger partial charge in [0, 0.05) is 25.0 Å². The second kappa shape index (κ2) is 9.50. The Morgan fingerprint density at radius 2 is 1.71 bits per heavy atom. The van der Waals surface area contributed by atoms with E-state index in [1.807, 2.05) is 73.3 Å². The van der Waals surface area contributed by atoms with Crippen molar-refractivity contribution in [1.29, 1.82) is 0 Å². The number of anilines is 2. The minimum absolute atomic E-state index is 0.270. The van der Waals surface area contributed by atoms with Crippen LogP contribution in [0.3, 0.4) is 0 Å². The maximum Gasteiger partial charge on any atom is 0.274 e. The van der Waals surface area contributed by atoms with Gasteiger partial charge in [0.2, 0.25) is 5.95 Å². The van der Waals surface area contributed by atoms with Gasteiger partial charge in [0.1, 0.15) is 18.1 Å². The molecule has 0 radical (unpaired) electrons. The fourth-order valence-electron chi connectivity index (χ4n) is 2.70. The Balaban J connectivity index is 1.60. The molecule has 1 heterocycles. The zero-order valence-corrected chi connectivity index (χ0v) is 16.1. The van der Waals surface area contributed by atoms with Gasteiger partial charge in [0.25, 0.3) is 5.91 Å². The van der Waals surface area contributed by atoms with E-state index in [4.69, 9.17) is 4.74 Å². The van der Waals surface area contributed by atoms with E-state index in [2.05, 4.69) is 15.3 Å². The molecule has 0 aliphatic rings. The first-order chi connectivity index (χ1) is 13.7. The summed E-state index contributed by atoms with van der Waals surface area (Å²) in [5.74, 6) is 1.03. The molecule has 28 heavy (non-hydrogen) atoms. The summed E-state index contributed by atoms with van der Waals surface area (Å²) in [4.78, 5) is 23.1. The molecule has 0 aliphatic carbocycles. The molecule has 0 aliphatic heterocycles. The second-order valence-electron chi connectivity index (χ2n) is 6.17. The number of nitrogens with one attached hydrogen (secondary N) is 1. The predicted octanol–water partition coefficient (Wildman–Crippen LogP) is 4.15. The molecule has 3 rings (SSSR count). The van der Waals surface area contributed by atoms with Crippen LogP contribution in [0.25, 0.3) is 0 Å². The van der Waals surface area contributed by atoms with Crippen molar-refractivity contribution >= 4 is 17.5 Å². The SMILES string of the molecule is CCN(CC)c1nccc(C(=O)Nc2ccc(OCc3ccccc3)cc2)n1. The molecule has 0 spiro atoms. The molecule has 0 fully saturated rings. The van der Waals surface area contributed by atoms with Crippen molar-refractivity contribution in [1.82, 2.24) is 9.97 Å². The van der Waals surface area contributed by atoms with Gasteiger partial charge in [-0.25, -0.2) is 9.97 Å². The lowest BCUT2D eigenvalue weighted by Crippen LogP contribution is -2.25. The topological polar surface area (TPSA) is 67.4 Å². The largest absolute Gasteiger partial charge is 0.489 e. The highest BCUT2D eigenvalue weighted by Gasteiger charge is 2.12. The van der Waals surface area contributed by atoms with Crippen LogP contribution in [0.2, 0.25) is 0 Å². The molecule has 1 N–H and O–H groups in total. The molecule has 0 unspecified atom stereocenters. The van der Waals surface area contributed by atoms with Crippen molar-refractivity contribution < 1.29 is 9.53 Å². The fraction of sp³-hybridized carbons (Fsp3) is 0.227. The molecule has 0 saturated carbocycles. The third-order valence-electron chi connectivity index (χ3n) is 4.28. The summed E-state index contributed by atoms with van der Waals surface area (Å²) in [6.45, 7) is 6.13. The standard InChI is InChI=1S/C22H24N4O2/c1-3-26(4-2)22-23-15-14-20(25-22)21(27)24-18-10-12-19(13-11-18)28-16-17-8-6-5-7-9-17/h5-15H,3-4,16H2,1-2H3,(H,24,27). The maximum absolute atomic E-state index is 12.5. The Kier molecular flexibility index (Phi) is 6.57. The van der Waals surface area contributed by atoms with Gasteiger partial charge in [-0.1, -0.05) is 30.3 Å². The van der Waals surface area contributed by atoms with Gasteiger partial charge >= 0.3 is 0 Å². The number of aromatic nitrogens is 2. The summed E-state index contributed by atoms with van der Waals surface area (Å²) in [5.41, 5.74) is 2.12. The minimum Gasteiger partial charge on any atom is -0.489 e. The molecule has 1 aromatic heterocycles. The molecular weight excluding hydrogens is 352 g/mol. The average Bonchev–Trinajstić information content (AvgIpc) is 2.75. The number of carbonyl (C=O) groups is 1. The van der Waals surface area contributed by atoms with Crippen LogP contribution in [0.15, 0.2) is 66.9 Å². The van der Waals surface area contributed by atoms with Crippen LogP contribution in [0.4, 0.5) is 11.6 Å². The van der Waals surface area contributed by atoms with Crippen molar-refractivity contribution in [3.05, 3.63) is 78.1 Å². The highest BCUT2D eigenvalue weighted by Crippen LogP contribution is 2.18. The van der Waals surface area contributed by atoms with Gasteiger partial charge in [-0.3, -0.25) is 4.79 Å². The van der Waals surface area contributed by atoms with E-state index in [1.54, 1.807) is 12.3 Å². The predicted molar refractivity (Wildman–Crippen MR) is 111 cm³/mol. The number of benzene rings is 2. The van der Waals surface area contributed by atoms with Crippen molar-refractivity contribution in [2.75, 3.05) is 23.3 Å². The normalized spacial score (nSPS) is 10.4. The van der Waals surface area contributed by atoms with Crippen molar-refractivity contribution in [3.8, 4) is 5.75 Å². The maximum atomic E-state index is 12.5. The van der Waals surface area contributed by atoms with Gasteiger partial charge in [0.05, 0.1) is 0 Å². The van der Waals surface area contributed by atoms with Gasteiger partial charge in [0.15, 0.2) is 0 Å². The van der Waals surface area contributed by atoms with Gasteiger partial charge in [-0.05, 0) is 49.7 Å². The number of hydrogen-bond donors (Lipinski definition) is 1. The van der Waals surface area contributed by atoms with Crippen molar-refractivity contribution in [3.63, 3.8) is 0 Å². The summed E-state index contributed by atoms with van der Waals surface area (Å²) < 4.78 is 5.76. The Bertz CT molecular complexity index is 894. The third kappa shape index (κ3) is 5.07. The molecule has 6 nitrogen and oxygen atoms in total. The van der Waals surface area contributed by atoms with Crippen LogP contribution >= 0.6 is 0 Å². The number of ether oxygens (including phenoxy) is 1. The highest BCUT2D eigenvalue weighted by atomic mass is 16.5. The average molecular weight is 376 g/mol. The molecule has 0 bridgehead atoms.